The van der Waals surface area contributed by atoms with Gasteiger partial charge in [-0.15, -0.1) is 10.2 Å². The Kier molecular flexibility index (Phi) is 6.74. The van der Waals surface area contributed by atoms with Crippen LogP contribution in [0.5, 0.6) is 0 Å². The Hall–Kier alpha value is -2.94. The van der Waals surface area contributed by atoms with Gasteiger partial charge in [-0.3, -0.25) is 4.57 Å². The Morgan fingerprint density at radius 1 is 0.906 bits per heavy atom. The second-order valence-electron chi connectivity index (χ2n) is 7.44. The standard InChI is InChI=1S/C24H24N4O2S2/c1-18-13-15-21(16-14-18)28-23(19(2)27-32(29,30)22-11-7-4-8-12-22)25-26-24(28)31-17-20-9-5-3-6-10-20/h3-16,19,27H,17H2,1-2H3. The zero-order valence-corrected chi connectivity index (χ0v) is 19.5. The first-order valence-electron chi connectivity index (χ1n) is 10.2. The molecule has 0 saturated carbocycles. The van der Waals surface area contributed by atoms with E-state index in [1.54, 1.807) is 49.0 Å². The minimum atomic E-state index is -3.70. The maximum absolute atomic E-state index is 12.9. The molecule has 164 valence electrons. The first-order chi connectivity index (χ1) is 15.4. The number of rotatable bonds is 8. The van der Waals surface area contributed by atoms with Gasteiger partial charge in [-0.25, -0.2) is 13.1 Å². The molecule has 0 spiro atoms. The number of aromatic nitrogens is 3. The van der Waals surface area contributed by atoms with Crippen molar-refractivity contribution >= 4 is 21.8 Å². The predicted octanol–water partition coefficient (Wildman–Crippen LogP) is 4.91. The maximum atomic E-state index is 12.9. The third kappa shape index (κ3) is 5.09. The fourth-order valence-electron chi connectivity index (χ4n) is 3.27. The van der Waals surface area contributed by atoms with E-state index in [1.165, 1.54) is 5.56 Å². The van der Waals surface area contributed by atoms with Gasteiger partial charge in [0.05, 0.1) is 10.9 Å². The van der Waals surface area contributed by atoms with E-state index in [0.717, 1.165) is 17.0 Å². The van der Waals surface area contributed by atoms with Crippen LogP contribution < -0.4 is 4.72 Å². The Morgan fingerprint density at radius 3 is 2.19 bits per heavy atom. The zero-order chi connectivity index (χ0) is 22.6. The number of benzene rings is 3. The highest BCUT2D eigenvalue weighted by Gasteiger charge is 2.24. The smallest absolute Gasteiger partial charge is 0.241 e. The molecule has 0 radical (unpaired) electrons. The summed E-state index contributed by atoms with van der Waals surface area (Å²) in [4.78, 5) is 0.215. The molecule has 3 aromatic carbocycles. The molecule has 4 rings (SSSR count). The molecule has 0 aliphatic rings. The van der Waals surface area contributed by atoms with Gasteiger partial charge in [0.15, 0.2) is 11.0 Å². The van der Waals surface area contributed by atoms with Crippen LogP contribution in [0, 0.1) is 6.92 Å². The van der Waals surface area contributed by atoms with Gasteiger partial charge in [0.2, 0.25) is 10.0 Å². The lowest BCUT2D eigenvalue weighted by Crippen LogP contribution is -2.28. The first-order valence-corrected chi connectivity index (χ1v) is 12.7. The van der Waals surface area contributed by atoms with Gasteiger partial charge >= 0.3 is 0 Å². The Balaban J connectivity index is 1.66. The van der Waals surface area contributed by atoms with Crippen LogP contribution in [-0.2, 0) is 15.8 Å². The van der Waals surface area contributed by atoms with Crippen LogP contribution in [0.1, 0.15) is 29.9 Å². The number of aryl methyl sites for hydroxylation is 1. The molecular formula is C24H24N4O2S2. The van der Waals surface area contributed by atoms with Crippen molar-refractivity contribution in [3.8, 4) is 5.69 Å². The number of hydrogen-bond acceptors (Lipinski definition) is 5. The first kappa shape index (κ1) is 22.3. The predicted molar refractivity (Wildman–Crippen MR) is 127 cm³/mol. The Bertz CT molecular complexity index is 1270. The lowest BCUT2D eigenvalue weighted by atomic mass is 10.2. The topological polar surface area (TPSA) is 76.9 Å². The van der Waals surface area contributed by atoms with Gasteiger partial charge in [-0.2, -0.15) is 0 Å². The van der Waals surface area contributed by atoms with Gasteiger partial charge in [-0.05, 0) is 43.7 Å². The average molecular weight is 465 g/mol. The summed E-state index contributed by atoms with van der Waals surface area (Å²) in [5, 5.41) is 9.47. The third-order valence-electron chi connectivity index (χ3n) is 4.93. The number of sulfonamides is 1. The van der Waals surface area contributed by atoms with Crippen molar-refractivity contribution in [2.75, 3.05) is 0 Å². The molecule has 8 heteroatoms. The van der Waals surface area contributed by atoms with E-state index in [1.807, 2.05) is 54.0 Å². The second-order valence-corrected chi connectivity index (χ2v) is 10.1. The number of hydrogen-bond donors (Lipinski definition) is 1. The van der Waals surface area contributed by atoms with Crippen molar-refractivity contribution in [1.29, 1.82) is 0 Å². The minimum Gasteiger partial charge on any atom is -0.273 e. The summed E-state index contributed by atoms with van der Waals surface area (Å²) in [6.07, 6.45) is 0. The van der Waals surface area contributed by atoms with Crippen molar-refractivity contribution in [2.45, 2.75) is 35.7 Å². The fourth-order valence-corrected chi connectivity index (χ4v) is 5.40. The van der Waals surface area contributed by atoms with E-state index in [9.17, 15) is 8.42 Å². The molecule has 1 unspecified atom stereocenters. The summed E-state index contributed by atoms with van der Waals surface area (Å²) in [5.74, 6) is 1.26. The maximum Gasteiger partial charge on any atom is 0.241 e. The molecule has 0 aliphatic heterocycles. The number of thioether (sulfide) groups is 1. The molecule has 0 aliphatic carbocycles. The molecular weight excluding hydrogens is 440 g/mol. The van der Waals surface area contributed by atoms with Crippen LogP contribution in [0.25, 0.3) is 5.69 Å². The third-order valence-corrected chi connectivity index (χ3v) is 7.49. The summed E-state index contributed by atoms with van der Waals surface area (Å²) in [6.45, 7) is 3.80. The molecule has 0 fully saturated rings. The summed E-state index contributed by atoms with van der Waals surface area (Å²) in [5.41, 5.74) is 3.20. The summed E-state index contributed by atoms with van der Waals surface area (Å²) < 4.78 is 30.4. The highest BCUT2D eigenvalue weighted by atomic mass is 32.2. The number of nitrogens with zero attached hydrogens (tertiary/aromatic N) is 3. The van der Waals surface area contributed by atoms with E-state index in [-0.39, 0.29) is 4.90 Å². The SMILES string of the molecule is Cc1ccc(-n2c(SCc3ccccc3)nnc2C(C)NS(=O)(=O)c2ccccc2)cc1. The molecule has 32 heavy (non-hydrogen) atoms. The Labute approximate surface area is 192 Å². The second kappa shape index (κ2) is 9.68. The molecule has 0 amide bonds. The molecule has 6 nitrogen and oxygen atoms in total. The van der Waals surface area contributed by atoms with Crippen LogP contribution >= 0.6 is 11.8 Å². The van der Waals surface area contributed by atoms with Crippen molar-refractivity contribution in [3.63, 3.8) is 0 Å². The van der Waals surface area contributed by atoms with Gasteiger partial charge < -0.3 is 0 Å². The van der Waals surface area contributed by atoms with E-state index in [0.29, 0.717) is 11.0 Å². The van der Waals surface area contributed by atoms with Gasteiger partial charge in [0.1, 0.15) is 0 Å². The molecule has 0 bridgehead atoms. The summed E-state index contributed by atoms with van der Waals surface area (Å²) in [6, 6.07) is 25.9. The fraction of sp³-hybridized carbons (Fsp3) is 0.167. The van der Waals surface area contributed by atoms with Crippen molar-refractivity contribution in [1.82, 2.24) is 19.5 Å². The largest absolute Gasteiger partial charge is 0.273 e. The van der Waals surface area contributed by atoms with Gasteiger partial charge in [-0.1, -0.05) is 78.0 Å². The Morgan fingerprint density at radius 2 is 1.53 bits per heavy atom. The summed E-state index contributed by atoms with van der Waals surface area (Å²) >= 11 is 1.56. The molecule has 1 atom stereocenters. The van der Waals surface area contributed by atoms with Crippen LogP contribution in [-0.4, -0.2) is 23.2 Å². The minimum absolute atomic E-state index is 0.215. The highest BCUT2D eigenvalue weighted by molar-refractivity contribution is 7.98. The highest BCUT2D eigenvalue weighted by Crippen LogP contribution is 2.28. The van der Waals surface area contributed by atoms with Crippen LogP contribution in [0.2, 0.25) is 0 Å². The van der Waals surface area contributed by atoms with Gasteiger partial charge in [0.25, 0.3) is 0 Å². The molecule has 1 N–H and O–H groups in total. The zero-order valence-electron chi connectivity index (χ0n) is 17.8. The van der Waals surface area contributed by atoms with E-state index in [4.69, 9.17) is 0 Å². The van der Waals surface area contributed by atoms with Crippen LogP contribution in [0.15, 0.2) is 95.0 Å². The quantitative estimate of drug-likeness (QED) is 0.375. The normalized spacial score (nSPS) is 12.6. The van der Waals surface area contributed by atoms with E-state index in [2.05, 4.69) is 27.1 Å². The molecule has 1 aromatic heterocycles. The van der Waals surface area contributed by atoms with Gasteiger partial charge in [0, 0.05) is 11.4 Å². The van der Waals surface area contributed by atoms with E-state index >= 15 is 0 Å². The van der Waals surface area contributed by atoms with Crippen molar-refractivity contribution in [2.24, 2.45) is 0 Å². The molecule has 0 saturated heterocycles. The molecule has 4 aromatic rings. The monoisotopic (exact) mass is 464 g/mol. The average Bonchev–Trinajstić information content (AvgIpc) is 3.23. The van der Waals surface area contributed by atoms with Crippen molar-refractivity contribution in [3.05, 3.63) is 102 Å². The lowest BCUT2D eigenvalue weighted by Gasteiger charge is -2.16. The van der Waals surface area contributed by atoms with Crippen LogP contribution in [0.3, 0.4) is 0 Å². The van der Waals surface area contributed by atoms with Crippen molar-refractivity contribution < 1.29 is 8.42 Å². The van der Waals surface area contributed by atoms with Crippen LogP contribution in [0.4, 0.5) is 0 Å². The lowest BCUT2D eigenvalue weighted by molar-refractivity contribution is 0.556. The summed E-state index contributed by atoms with van der Waals surface area (Å²) in [7, 11) is -3.70. The number of nitrogens with one attached hydrogen (secondary N) is 1. The van der Waals surface area contributed by atoms with E-state index < -0.39 is 16.1 Å². The molecule has 1 heterocycles.